The topological polar surface area (TPSA) is 200 Å². The molecule has 1 aliphatic rings. The number of pyridine rings is 1. The Morgan fingerprint density at radius 1 is 0.849 bits per heavy atom. The fourth-order valence-corrected chi connectivity index (χ4v) is 5.60. The molecular weight excluding hydrogens is 925 g/mol. The number of rotatable bonds is 21. The van der Waals surface area contributed by atoms with Crippen molar-refractivity contribution in [2.75, 3.05) is 78.2 Å². The Kier molecular flexibility index (Phi) is 53.0. The molecule has 1 fully saturated rings. The Balaban J connectivity index is -0.000000420. The van der Waals surface area contributed by atoms with Crippen LogP contribution in [0.15, 0.2) is 84.8 Å². The first kappa shape index (κ1) is 73.7. The number of likely N-dealkylation sites (tertiary alicyclic amines) is 1. The molecule has 0 aliphatic carbocycles. The largest absolute Gasteiger partial charge is 0.491 e. The van der Waals surface area contributed by atoms with Crippen molar-refractivity contribution in [3.05, 3.63) is 102 Å². The van der Waals surface area contributed by atoms with Crippen LogP contribution in [0.4, 0.5) is 16.2 Å². The van der Waals surface area contributed by atoms with Gasteiger partial charge in [-0.15, -0.1) is 0 Å². The molecule has 3 aromatic rings. The third-order valence-corrected chi connectivity index (χ3v) is 9.21. The van der Waals surface area contributed by atoms with Crippen LogP contribution in [0.1, 0.15) is 131 Å². The summed E-state index contributed by atoms with van der Waals surface area (Å²) in [4.78, 5) is 70.0. The van der Waals surface area contributed by atoms with Gasteiger partial charge in [-0.1, -0.05) is 90.8 Å². The number of carbonyl (C=O) groups excluding carboxylic acids is 6. The molecule has 1 unspecified atom stereocenters. The molecule has 16 nitrogen and oxygen atoms in total. The second-order valence-corrected chi connectivity index (χ2v) is 17.2. The number of likely N-dealkylation sites (N-methyl/N-ethyl adjacent to an activating group) is 1. The number of esters is 1. The van der Waals surface area contributed by atoms with E-state index in [-0.39, 0.29) is 30.2 Å². The highest BCUT2D eigenvalue weighted by atomic mass is 16.5. The van der Waals surface area contributed by atoms with Crippen molar-refractivity contribution < 1.29 is 38.2 Å². The van der Waals surface area contributed by atoms with Crippen molar-refractivity contribution in [3.63, 3.8) is 0 Å². The molecule has 1 atom stereocenters. The second kappa shape index (κ2) is 52.5. The van der Waals surface area contributed by atoms with E-state index in [9.17, 15) is 28.8 Å². The number of unbranched alkanes of at least 4 members (excludes halogenated alkanes) is 1. The summed E-state index contributed by atoms with van der Waals surface area (Å²) in [5, 5.41) is 13.3. The molecule has 1 aromatic heterocycles. The number of ether oxygens (including phenoxy) is 2. The maximum absolute atomic E-state index is 11.9. The van der Waals surface area contributed by atoms with Crippen LogP contribution in [0.25, 0.3) is 0 Å². The van der Waals surface area contributed by atoms with Gasteiger partial charge in [0.05, 0.1) is 38.9 Å². The molecule has 4 rings (SSSR count). The average Bonchev–Trinajstić information content (AvgIpc) is 3.86. The number of aromatic nitrogens is 1. The Hall–Kier alpha value is -5.81. The summed E-state index contributed by atoms with van der Waals surface area (Å²) in [6.45, 7) is 28.8. The zero-order valence-corrected chi connectivity index (χ0v) is 47.6. The van der Waals surface area contributed by atoms with Crippen LogP contribution in [0.3, 0.4) is 0 Å². The van der Waals surface area contributed by atoms with Gasteiger partial charge in [-0.3, -0.25) is 19.5 Å². The summed E-state index contributed by atoms with van der Waals surface area (Å²) in [6, 6.07) is 20.8. The highest BCUT2D eigenvalue weighted by Gasteiger charge is 2.17. The van der Waals surface area contributed by atoms with E-state index in [0.717, 1.165) is 66.9 Å². The van der Waals surface area contributed by atoms with E-state index in [2.05, 4.69) is 120 Å². The number of amides is 3. The van der Waals surface area contributed by atoms with Crippen molar-refractivity contribution in [2.24, 2.45) is 0 Å². The number of nitrogens with zero attached hydrogens (tertiary/aromatic N) is 3. The van der Waals surface area contributed by atoms with E-state index in [1.165, 1.54) is 52.3 Å². The molecule has 73 heavy (non-hydrogen) atoms. The van der Waals surface area contributed by atoms with Gasteiger partial charge in [0.15, 0.2) is 0 Å². The van der Waals surface area contributed by atoms with Gasteiger partial charge in [-0.2, -0.15) is 0 Å². The number of urea groups is 1. The number of aldehydes is 3. The number of anilines is 2. The van der Waals surface area contributed by atoms with Crippen LogP contribution in [-0.2, 0) is 46.4 Å². The lowest BCUT2D eigenvalue weighted by molar-refractivity contribution is -0.141. The van der Waals surface area contributed by atoms with Crippen molar-refractivity contribution in [1.29, 1.82) is 0 Å². The Morgan fingerprint density at radius 2 is 1.45 bits per heavy atom. The molecule has 16 heteroatoms. The number of para-hydroxylation sites is 1. The predicted molar refractivity (Wildman–Crippen MR) is 303 cm³/mol. The molecule has 0 bridgehead atoms. The first-order valence-electron chi connectivity index (χ1n) is 25.8. The predicted octanol–water partition coefficient (Wildman–Crippen LogP) is 9.82. The van der Waals surface area contributed by atoms with Gasteiger partial charge in [-0.05, 0) is 149 Å². The van der Waals surface area contributed by atoms with Gasteiger partial charge < -0.3 is 55.3 Å². The van der Waals surface area contributed by atoms with Crippen LogP contribution in [0.2, 0.25) is 0 Å². The van der Waals surface area contributed by atoms with Gasteiger partial charge in [0, 0.05) is 36.6 Å². The lowest BCUT2D eigenvalue weighted by atomic mass is 10.1. The van der Waals surface area contributed by atoms with Crippen LogP contribution in [0.5, 0.6) is 0 Å². The second-order valence-electron chi connectivity index (χ2n) is 17.2. The third-order valence-electron chi connectivity index (χ3n) is 9.21. The number of hydrogen-bond acceptors (Lipinski definition) is 13. The quantitative estimate of drug-likeness (QED) is 0.0293. The van der Waals surface area contributed by atoms with Crippen molar-refractivity contribution in [1.82, 2.24) is 30.7 Å². The summed E-state index contributed by atoms with van der Waals surface area (Å²) in [6.07, 6.45) is 15.1. The number of benzene rings is 2. The first-order chi connectivity index (χ1) is 35.0. The van der Waals surface area contributed by atoms with Crippen LogP contribution >= 0.6 is 0 Å². The zero-order chi connectivity index (χ0) is 56.1. The van der Waals surface area contributed by atoms with E-state index >= 15 is 0 Å². The minimum absolute atomic E-state index is 0.115. The third kappa shape index (κ3) is 49.5. The summed E-state index contributed by atoms with van der Waals surface area (Å²) < 4.78 is 10.6. The van der Waals surface area contributed by atoms with E-state index in [4.69, 9.17) is 4.74 Å². The summed E-state index contributed by atoms with van der Waals surface area (Å²) in [5.74, 6) is 0.902. The minimum atomic E-state index is -0.289. The number of allylic oxidation sites excluding steroid dienone is 1. The van der Waals surface area contributed by atoms with Crippen LogP contribution in [0, 0.1) is 6.92 Å². The van der Waals surface area contributed by atoms with E-state index in [1.54, 1.807) is 19.2 Å². The van der Waals surface area contributed by atoms with Crippen LogP contribution < -0.4 is 26.6 Å². The molecule has 2 heterocycles. The Bertz CT molecular complexity index is 1790. The van der Waals surface area contributed by atoms with Gasteiger partial charge in [-0.25, -0.2) is 4.79 Å². The summed E-state index contributed by atoms with van der Waals surface area (Å²) >= 11 is 0. The maximum atomic E-state index is 11.9. The van der Waals surface area contributed by atoms with Crippen molar-refractivity contribution >= 4 is 48.6 Å². The molecule has 0 radical (unpaired) electrons. The molecule has 5 N–H and O–H groups in total. The SMILES string of the molecule is CC.CC/C=C(\CN(CCCC)Cc1ccccn1)OC(C)(C)C.CCC.CN1CCCC1.CNC(C)CC(=O)OC.CNCC=O.Cc1ccccc1NC(=O)Nc1ccc(CC=O)cc1.O=CCNC=O. The standard InChI is InChI=1S/C19H32N2O.C16H16N2O2.C6H13NO2.C5H11N.C3H5NO2.C3H7NO.C3H8.C2H6/c1-6-8-14-21(15-17-12-9-10-13-20-17)16-18(11-7-2)22-19(3,4)5;1-12-4-2-3-5-15(12)18-16(20)17-14-8-6-13(7-9-14)10-11-19;1-5(7-2)4-6(8)9-3;1-6-4-2-3-5-6;5-2-1-4-3-6;1-4-2-3-5;1-3-2;1-2/h9-13H,6-8,14-16H2,1-5H3;2-9,11H,10H2,1H3,(H2,17,18,20);5,7H,4H2,1-3H3;2-5H2,1H3;2-3H,1H2,(H,4,6);3-4H,2H2,1H3;3H2,1-2H3;1-2H3/b18-11+;;;;;;;. The van der Waals surface area contributed by atoms with E-state index in [0.29, 0.717) is 37.8 Å². The molecule has 0 saturated carbocycles. The lowest BCUT2D eigenvalue weighted by Crippen LogP contribution is -2.30. The fraction of sp³-hybridized carbons (Fsp3) is 0.561. The number of methoxy groups -OCH3 is 1. The van der Waals surface area contributed by atoms with E-state index in [1.807, 2.05) is 83.4 Å². The van der Waals surface area contributed by atoms with Gasteiger partial charge in [0.25, 0.3) is 0 Å². The molecule has 1 saturated heterocycles. The van der Waals surface area contributed by atoms with Gasteiger partial charge >= 0.3 is 12.0 Å². The maximum Gasteiger partial charge on any atom is 0.323 e. The molecule has 414 valence electrons. The van der Waals surface area contributed by atoms with Crippen molar-refractivity contribution in [3.8, 4) is 0 Å². The molecular formula is C57H98N8O8. The molecule has 3 amide bonds. The van der Waals surface area contributed by atoms with E-state index < -0.39 is 0 Å². The monoisotopic (exact) mass is 1020 g/mol. The zero-order valence-electron chi connectivity index (χ0n) is 47.6. The number of aryl methyl sites for hydroxylation is 1. The van der Waals surface area contributed by atoms with Crippen LogP contribution in [-0.4, -0.2) is 131 Å². The highest BCUT2D eigenvalue weighted by Crippen LogP contribution is 2.17. The Morgan fingerprint density at radius 3 is 1.86 bits per heavy atom. The smallest absolute Gasteiger partial charge is 0.323 e. The summed E-state index contributed by atoms with van der Waals surface area (Å²) in [5.41, 5.74) is 4.36. The van der Waals surface area contributed by atoms with Gasteiger partial charge in [0.1, 0.15) is 30.2 Å². The normalized spacial score (nSPS) is 11.6. The minimum Gasteiger partial charge on any atom is -0.491 e. The van der Waals surface area contributed by atoms with Crippen molar-refractivity contribution in [2.45, 2.75) is 146 Å². The number of hydrogen-bond donors (Lipinski definition) is 5. The first-order valence-corrected chi connectivity index (χ1v) is 25.8. The molecule has 1 aliphatic heterocycles. The highest BCUT2D eigenvalue weighted by molar-refractivity contribution is 6.00. The number of nitrogens with one attached hydrogen (secondary N) is 5. The lowest BCUT2D eigenvalue weighted by Gasteiger charge is -2.28. The Labute approximate surface area is 441 Å². The fourth-order valence-electron chi connectivity index (χ4n) is 5.60. The van der Waals surface area contributed by atoms with Gasteiger partial charge in [0.2, 0.25) is 6.41 Å². The average molecular weight is 1020 g/mol. The molecule has 2 aromatic carbocycles. The summed E-state index contributed by atoms with van der Waals surface area (Å²) in [7, 11) is 7.11. The number of carbonyl (C=O) groups is 6. The molecule has 0 spiro atoms.